The number of rotatable bonds is 2. The molecule has 1 aliphatic heterocycles. The molecule has 0 bridgehead atoms. The van der Waals surface area contributed by atoms with Crippen LogP contribution < -0.4 is 5.63 Å². The van der Waals surface area contributed by atoms with Crippen LogP contribution in [0, 0.1) is 5.82 Å². The first kappa shape index (κ1) is 14.8. The number of likely N-dealkylation sites (tertiary alicyclic amines) is 1. The Morgan fingerprint density at radius 2 is 2.18 bits per heavy atom. The lowest BCUT2D eigenvalue weighted by Crippen LogP contribution is -2.43. The first-order valence-corrected chi connectivity index (χ1v) is 7.64. The van der Waals surface area contributed by atoms with E-state index < -0.39 is 11.4 Å². The summed E-state index contributed by atoms with van der Waals surface area (Å²) in [6.45, 7) is 2.71. The molecular formula is C17H18FNO3. The van der Waals surface area contributed by atoms with Gasteiger partial charge in [0.25, 0.3) is 5.91 Å². The molecule has 22 heavy (non-hydrogen) atoms. The molecular weight excluding hydrogens is 285 g/mol. The fourth-order valence-corrected chi connectivity index (χ4v) is 3.10. The summed E-state index contributed by atoms with van der Waals surface area (Å²) in [6, 6.07) is 5.47. The molecule has 1 saturated heterocycles. The number of carbonyl (C=O) groups excluding carboxylic acids is 1. The molecule has 0 N–H and O–H groups in total. The average molecular weight is 303 g/mol. The van der Waals surface area contributed by atoms with Crippen LogP contribution in [-0.2, 0) is 0 Å². The number of fused-ring (bicyclic) bond motifs is 1. The van der Waals surface area contributed by atoms with Gasteiger partial charge in [0, 0.05) is 12.6 Å². The zero-order chi connectivity index (χ0) is 15.7. The molecule has 2 heterocycles. The lowest BCUT2D eigenvalue weighted by atomic mass is 9.99. The maximum absolute atomic E-state index is 13.3. The zero-order valence-corrected chi connectivity index (χ0v) is 12.5. The van der Waals surface area contributed by atoms with Crippen LogP contribution in [0.5, 0.6) is 0 Å². The van der Waals surface area contributed by atoms with Crippen molar-refractivity contribution >= 4 is 16.7 Å². The standard InChI is InChI=1S/C17H18FNO3/c1-2-13-5-3-4-8-19(13)16(20)15-10-11-9-12(18)6-7-14(11)17(21)22-15/h6-7,9-10,13H,2-5,8H2,1H3. The topological polar surface area (TPSA) is 50.5 Å². The van der Waals surface area contributed by atoms with Crippen LogP contribution in [0.3, 0.4) is 0 Å². The number of piperidine rings is 1. The fourth-order valence-electron chi connectivity index (χ4n) is 3.10. The predicted molar refractivity (Wildman–Crippen MR) is 81.4 cm³/mol. The largest absolute Gasteiger partial charge is 0.417 e. The highest BCUT2D eigenvalue weighted by Gasteiger charge is 2.28. The van der Waals surface area contributed by atoms with Gasteiger partial charge >= 0.3 is 5.63 Å². The van der Waals surface area contributed by atoms with Gasteiger partial charge in [0.15, 0.2) is 5.76 Å². The summed E-state index contributed by atoms with van der Waals surface area (Å²) in [7, 11) is 0. The Kier molecular flexibility index (Phi) is 3.96. The second kappa shape index (κ2) is 5.91. The molecule has 116 valence electrons. The highest BCUT2D eigenvalue weighted by atomic mass is 19.1. The molecule has 1 amide bonds. The smallest absolute Gasteiger partial charge is 0.344 e. The third-order valence-electron chi connectivity index (χ3n) is 4.29. The van der Waals surface area contributed by atoms with Crippen molar-refractivity contribution in [3.63, 3.8) is 0 Å². The number of hydrogen-bond donors (Lipinski definition) is 0. The first-order chi connectivity index (χ1) is 10.6. The van der Waals surface area contributed by atoms with Gasteiger partial charge in [-0.1, -0.05) is 6.92 Å². The van der Waals surface area contributed by atoms with E-state index in [0.717, 1.165) is 25.7 Å². The molecule has 2 aromatic rings. The molecule has 1 fully saturated rings. The third-order valence-corrected chi connectivity index (χ3v) is 4.29. The van der Waals surface area contributed by atoms with Crippen LogP contribution in [0.25, 0.3) is 10.8 Å². The van der Waals surface area contributed by atoms with Gasteiger partial charge in [-0.3, -0.25) is 4.79 Å². The van der Waals surface area contributed by atoms with Gasteiger partial charge in [-0.2, -0.15) is 0 Å². The van der Waals surface area contributed by atoms with Crippen LogP contribution in [0.4, 0.5) is 4.39 Å². The maximum atomic E-state index is 13.3. The van der Waals surface area contributed by atoms with Crippen LogP contribution in [-0.4, -0.2) is 23.4 Å². The van der Waals surface area contributed by atoms with Gasteiger partial charge < -0.3 is 9.32 Å². The maximum Gasteiger partial charge on any atom is 0.344 e. The van der Waals surface area contributed by atoms with E-state index in [1.807, 2.05) is 6.92 Å². The molecule has 3 rings (SSSR count). The lowest BCUT2D eigenvalue weighted by molar-refractivity contribution is 0.0571. The van der Waals surface area contributed by atoms with E-state index in [0.29, 0.717) is 11.9 Å². The molecule has 4 nitrogen and oxygen atoms in total. The van der Waals surface area contributed by atoms with Gasteiger partial charge in [0.05, 0.1) is 5.39 Å². The number of amides is 1. The Morgan fingerprint density at radius 3 is 2.95 bits per heavy atom. The van der Waals surface area contributed by atoms with Crippen molar-refractivity contribution in [3.8, 4) is 0 Å². The second-order valence-electron chi connectivity index (χ2n) is 5.69. The fraction of sp³-hybridized carbons (Fsp3) is 0.412. The number of benzene rings is 1. The lowest BCUT2D eigenvalue weighted by Gasteiger charge is -2.34. The third kappa shape index (κ3) is 2.63. The monoisotopic (exact) mass is 303 g/mol. The van der Waals surface area contributed by atoms with E-state index in [4.69, 9.17) is 4.42 Å². The molecule has 1 aromatic heterocycles. The summed E-state index contributed by atoms with van der Waals surface area (Å²) < 4.78 is 18.5. The summed E-state index contributed by atoms with van der Waals surface area (Å²) in [5.74, 6) is -0.737. The number of hydrogen-bond acceptors (Lipinski definition) is 3. The number of halogens is 1. The summed E-state index contributed by atoms with van der Waals surface area (Å²) >= 11 is 0. The van der Waals surface area contributed by atoms with E-state index in [1.165, 1.54) is 24.3 Å². The van der Waals surface area contributed by atoms with E-state index in [-0.39, 0.29) is 23.1 Å². The second-order valence-corrected chi connectivity index (χ2v) is 5.69. The molecule has 0 radical (unpaired) electrons. The van der Waals surface area contributed by atoms with Crippen molar-refractivity contribution in [2.45, 2.75) is 38.6 Å². The van der Waals surface area contributed by atoms with Crippen LogP contribution in [0.2, 0.25) is 0 Å². The Hall–Kier alpha value is -2.17. The van der Waals surface area contributed by atoms with E-state index >= 15 is 0 Å². The summed E-state index contributed by atoms with van der Waals surface area (Å²) in [4.78, 5) is 26.4. The molecule has 0 aliphatic carbocycles. The SMILES string of the molecule is CCC1CCCCN1C(=O)c1cc2cc(F)ccc2c(=O)o1. The molecule has 1 atom stereocenters. The van der Waals surface area contributed by atoms with Gasteiger partial charge in [-0.05, 0) is 55.3 Å². The highest BCUT2D eigenvalue weighted by Crippen LogP contribution is 2.22. The zero-order valence-electron chi connectivity index (χ0n) is 12.5. The molecule has 0 spiro atoms. The minimum absolute atomic E-state index is 0.0107. The van der Waals surface area contributed by atoms with Gasteiger partial charge in [-0.25, -0.2) is 9.18 Å². The first-order valence-electron chi connectivity index (χ1n) is 7.64. The van der Waals surface area contributed by atoms with E-state index in [2.05, 4.69) is 0 Å². The van der Waals surface area contributed by atoms with Gasteiger partial charge in [0.1, 0.15) is 5.82 Å². The quantitative estimate of drug-likeness (QED) is 0.855. The predicted octanol–water partition coefficient (Wildman–Crippen LogP) is 3.34. The van der Waals surface area contributed by atoms with Crippen LogP contribution >= 0.6 is 0 Å². The Labute approximate surface area is 127 Å². The Bertz CT molecular complexity index is 768. The number of carbonyl (C=O) groups is 1. The molecule has 1 aliphatic rings. The normalized spacial score (nSPS) is 18.6. The minimum Gasteiger partial charge on any atom is -0.417 e. The van der Waals surface area contributed by atoms with Crippen LogP contribution in [0.15, 0.2) is 33.5 Å². The highest BCUT2D eigenvalue weighted by molar-refractivity contribution is 5.95. The van der Waals surface area contributed by atoms with Crippen molar-refractivity contribution in [1.29, 1.82) is 0 Å². The average Bonchev–Trinajstić information content (AvgIpc) is 2.53. The Balaban J connectivity index is 2.02. The van der Waals surface area contributed by atoms with Gasteiger partial charge in [0.2, 0.25) is 0 Å². The molecule has 1 aromatic carbocycles. The summed E-state index contributed by atoms with van der Waals surface area (Å²) in [6.07, 6.45) is 3.90. The molecule has 0 saturated carbocycles. The van der Waals surface area contributed by atoms with Crippen molar-refractivity contribution in [1.82, 2.24) is 4.90 Å². The van der Waals surface area contributed by atoms with Crippen LogP contribution in [0.1, 0.15) is 43.2 Å². The van der Waals surface area contributed by atoms with E-state index in [1.54, 1.807) is 4.90 Å². The molecule has 5 heteroatoms. The number of nitrogens with zero attached hydrogens (tertiary/aromatic N) is 1. The summed E-state index contributed by atoms with van der Waals surface area (Å²) in [5.41, 5.74) is -0.606. The van der Waals surface area contributed by atoms with Crippen molar-refractivity contribution in [2.75, 3.05) is 6.54 Å². The van der Waals surface area contributed by atoms with E-state index in [9.17, 15) is 14.0 Å². The van der Waals surface area contributed by atoms with Crippen molar-refractivity contribution < 1.29 is 13.6 Å². The minimum atomic E-state index is -0.606. The van der Waals surface area contributed by atoms with Crippen molar-refractivity contribution in [2.24, 2.45) is 0 Å². The van der Waals surface area contributed by atoms with Gasteiger partial charge in [-0.15, -0.1) is 0 Å². The molecule has 1 unspecified atom stereocenters. The van der Waals surface area contributed by atoms with Crippen molar-refractivity contribution in [3.05, 3.63) is 46.3 Å². The summed E-state index contributed by atoms with van der Waals surface area (Å²) in [5, 5.41) is 0.674. The Morgan fingerprint density at radius 1 is 1.36 bits per heavy atom.